The lowest BCUT2D eigenvalue weighted by molar-refractivity contribution is -0.137. The van der Waals surface area contributed by atoms with Gasteiger partial charge in [-0.05, 0) is 17.7 Å². The number of carbonyl (C=O) groups is 2. The molecule has 0 amide bonds. The van der Waals surface area contributed by atoms with Crippen molar-refractivity contribution in [3.8, 4) is 0 Å². The van der Waals surface area contributed by atoms with Crippen LogP contribution in [0.5, 0.6) is 0 Å². The van der Waals surface area contributed by atoms with Gasteiger partial charge in [-0.15, -0.1) is 0 Å². The van der Waals surface area contributed by atoms with Gasteiger partial charge in [-0.2, -0.15) is 0 Å². The van der Waals surface area contributed by atoms with Crippen molar-refractivity contribution in [2.45, 2.75) is 12.8 Å². The topological polar surface area (TPSA) is 100 Å². The number of aromatic nitrogens is 2. The molecule has 0 unspecified atom stereocenters. The van der Waals surface area contributed by atoms with E-state index in [2.05, 4.69) is 9.97 Å². The van der Waals surface area contributed by atoms with Gasteiger partial charge in [0.05, 0.1) is 11.9 Å². The van der Waals surface area contributed by atoms with Crippen molar-refractivity contribution in [3.05, 3.63) is 35.8 Å². The highest BCUT2D eigenvalue weighted by Gasteiger charge is 2.06. The Morgan fingerprint density at radius 2 is 1.83 bits per heavy atom. The van der Waals surface area contributed by atoms with Crippen molar-refractivity contribution in [2.24, 2.45) is 0 Å². The Kier molecular flexibility index (Phi) is 3.18. The predicted molar refractivity (Wildman–Crippen MR) is 62.2 cm³/mol. The third kappa shape index (κ3) is 2.79. The highest BCUT2D eigenvalue weighted by Crippen LogP contribution is 2.14. The lowest BCUT2D eigenvalue weighted by Crippen LogP contribution is -2.05. The van der Waals surface area contributed by atoms with Crippen molar-refractivity contribution >= 4 is 22.8 Å². The van der Waals surface area contributed by atoms with Crippen LogP contribution in [0.2, 0.25) is 0 Å². The van der Waals surface area contributed by atoms with Gasteiger partial charge in [-0.1, -0.05) is 6.07 Å². The second-order valence-electron chi connectivity index (χ2n) is 3.82. The molecule has 0 saturated carbocycles. The summed E-state index contributed by atoms with van der Waals surface area (Å²) in [5, 5.41) is 18.0. The number of rotatable bonds is 4. The van der Waals surface area contributed by atoms with Gasteiger partial charge in [0.25, 0.3) is 0 Å². The SMILES string of the molecule is O=C(O)Cc1ccc2nc(CC(=O)O)ncc2c1. The van der Waals surface area contributed by atoms with Gasteiger partial charge >= 0.3 is 11.9 Å². The molecular formula is C12H10N2O4. The molecule has 0 aliphatic carbocycles. The maximum atomic E-state index is 10.6. The lowest BCUT2D eigenvalue weighted by atomic mass is 10.1. The van der Waals surface area contributed by atoms with Crippen molar-refractivity contribution in [2.75, 3.05) is 0 Å². The number of hydrogen-bond donors (Lipinski definition) is 2. The highest BCUT2D eigenvalue weighted by molar-refractivity contribution is 5.80. The molecular weight excluding hydrogens is 236 g/mol. The van der Waals surface area contributed by atoms with E-state index in [1.807, 2.05) is 0 Å². The van der Waals surface area contributed by atoms with E-state index >= 15 is 0 Å². The lowest BCUT2D eigenvalue weighted by Gasteiger charge is -2.02. The van der Waals surface area contributed by atoms with Gasteiger partial charge in [0.1, 0.15) is 12.2 Å². The Hall–Kier alpha value is -2.50. The summed E-state index contributed by atoms with van der Waals surface area (Å²) >= 11 is 0. The normalized spacial score (nSPS) is 10.4. The fourth-order valence-corrected chi connectivity index (χ4v) is 1.63. The number of fused-ring (bicyclic) bond motifs is 1. The first-order valence-corrected chi connectivity index (χ1v) is 5.23. The van der Waals surface area contributed by atoms with Gasteiger partial charge in [-0.3, -0.25) is 9.59 Å². The van der Waals surface area contributed by atoms with Crippen LogP contribution in [0, 0.1) is 0 Å². The van der Waals surface area contributed by atoms with Gasteiger partial charge in [0, 0.05) is 11.6 Å². The average molecular weight is 246 g/mol. The maximum absolute atomic E-state index is 10.6. The minimum absolute atomic E-state index is 0.0627. The molecule has 0 saturated heterocycles. The largest absolute Gasteiger partial charge is 0.481 e. The summed E-state index contributed by atoms with van der Waals surface area (Å²) in [6.07, 6.45) is 1.21. The van der Waals surface area contributed by atoms with Crippen LogP contribution in [-0.4, -0.2) is 32.1 Å². The third-order valence-corrected chi connectivity index (χ3v) is 2.36. The van der Waals surface area contributed by atoms with E-state index in [1.165, 1.54) is 6.20 Å². The molecule has 0 bridgehead atoms. The third-order valence-electron chi connectivity index (χ3n) is 2.36. The van der Waals surface area contributed by atoms with E-state index in [0.717, 1.165) is 0 Å². The Morgan fingerprint density at radius 3 is 2.50 bits per heavy atom. The molecule has 0 fully saturated rings. The van der Waals surface area contributed by atoms with Gasteiger partial charge in [0.15, 0.2) is 0 Å². The van der Waals surface area contributed by atoms with Crippen LogP contribution < -0.4 is 0 Å². The summed E-state index contributed by atoms with van der Waals surface area (Å²) < 4.78 is 0. The monoisotopic (exact) mass is 246 g/mol. The first-order chi connectivity index (χ1) is 8.54. The Labute approximate surface area is 102 Å². The van der Waals surface area contributed by atoms with Gasteiger partial charge < -0.3 is 10.2 Å². The van der Waals surface area contributed by atoms with Crippen molar-refractivity contribution in [1.29, 1.82) is 0 Å². The molecule has 6 heteroatoms. The molecule has 0 aliphatic heterocycles. The minimum Gasteiger partial charge on any atom is -0.481 e. The fraction of sp³-hybridized carbons (Fsp3) is 0.167. The summed E-state index contributed by atoms with van der Waals surface area (Å²) in [5.74, 6) is -1.66. The molecule has 2 rings (SSSR count). The number of hydrogen-bond acceptors (Lipinski definition) is 4. The second kappa shape index (κ2) is 4.79. The molecule has 92 valence electrons. The van der Waals surface area contributed by atoms with Gasteiger partial charge in [0.2, 0.25) is 0 Å². The number of benzene rings is 1. The Bertz CT molecular complexity index is 569. The first kappa shape index (κ1) is 12.0. The van der Waals surface area contributed by atoms with Crippen molar-refractivity contribution < 1.29 is 19.8 Å². The van der Waals surface area contributed by atoms with E-state index in [9.17, 15) is 9.59 Å². The molecule has 0 radical (unpaired) electrons. The predicted octanol–water partition coefficient (Wildman–Crippen LogP) is 0.884. The van der Waals surface area contributed by atoms with E-state index in [0.29, 0.717) is 16.5 Å². The molecule has 1 aromatic carbocycles. The molecule has 2 N–H and O–H groups in total. The average Bonchev–Trinajstić information content (AvgIpc) is 2.27. The number of carboxylic acid groups (broad SMARTS) is 2. The van der Waals surface area contributed by atoms with Crippen LogP contribution in [-0.2, 0) is 22.4 Å². The molecule has 1 heterocycles. The number of nitrogens with zero attached hydrogens (tertiary/aromatic N) is 2. The van der Waals surface area contributed by atoms with E-state index in [4.69, 9.17) is 10.2 Å². The zero-order chi connectivity index (χ0) is 13.1. The van der Waals surface area contributed by atoms with Gasteiger partial charge in [-0.25, -0.2) is 9.97 Å². The second-order valence-corrected chi connectivity index (χ2v) is 3.82. The summed E-state index contributed by atoms with van der Waals surface area (Å²) in [7, 11) is 0. The molecule has 0 atom stereocenters. The molecule has 0 aliphatic rings. The van der Waals surface area contributed by atoms with Crippen LogP contribution in [0.3, 0.4) is 0 Å². The van der Waals surface area contributed by atoms with E-state index in [1.54, 1.807) is 18.2 Å². The standard InChI is InChI=1S/C12H10N2O4/c15-11(16)4-7-1-2-9-8(3-7)6-13-10(14-9)5-12(17)18/h1-3,6H,4-5H2,(H,15,16)(H,17,18). The molecule has 0 spiro atoms. The van der Waals surface area contributed by atoms with Crippen LogP contribution in [0.1, 0.15) is 11.4 Å². The molecule has 1 aromatic heterocycles. The zero-order valence-corrected chi connectivity index (χ0v) is 9.33. The van der Waals surface area contributed by atoms with Crippen molar-refractivity contribution in [3.63, 3.8) is 0 Å². The summed E-state index contributed by atoms with van der Waals surface area (Å²) in [6, 6.07) is 5.02. The minimum atomic E-state index is -0.989. The fourth-order valence-electron chi connectivity index (χ4n) is 1.63. The van der Waals surface area contributed by atoms with Crippen LogP contribution in [0.15, 0.2) is 24.4 Å². The van der Waals surface area contributed by atoms with Crippen LogP contribution in [0.4, 0.5) is 0 Å². The number of aliphatic carboxylic acids is 2. The molecule has 6 nitrogen and oxygen atoms in total. The van der Waals surface area contributed by atoms with E-state index < -0.39 is 11.9 Å². The van der Waals surface area contributed by atoms with Crippen LogP contribution in [0.25, 0.3) is 10.9 Å². The molecule has 2 aromatic rings. The molecule has 18 heavy (non-hydrogen) atoms. The Balaban J connectivity index is 2.35. The first-order valence-electron chi connectivity index (χ1n) is 5.23. The smallest absolute Gasteiger partial charge is 0.311 e. The maximum Gasteiger partial charge on any atom is 0.311 e. The summed E-state index contributed by atoms with van der Waals surface area (Å²) in [5.41, 5.74) is 1.26. The zero-order valence-electron chi connectivity index (χ0n) is 9.33. The number of carboxylic acids is 2. The quantitative estimate of drug-likeness (QED) is 0.830. The highest BCUT2D eigenvalue weighted by atomic mass is 16.4. The Morgan fingerprint density at radius 1 is 1.11 bits per heavy atom. The van der Waals surface area contributed by atoms with Crippen LogP contribution >= 0.6 is 0 Å². The van der Waals surface area contributed by atoms with Crippen molar-refractivity contribution in [1.82, 2.24) is 9.97 Å². The summed E-state index contributed by atoms with van der Waals surface area (Å²) in [6.45, 7) is 0. The van der Waals surface area contributed by atoms with E-state index in [-0.39, 0.29) is 18.7 Å². The summed E-state index contributed by atoms with van der Waals surface area (Å²) in [4.78, 5) is 29.1.